The van der Waals surface area contributed by atoms with Crippen LogP contribution in [0.15, 0.2) is 47.2 Å². The van der Waals surface area contributed by atoms with E-state index >= 15 is 0 Å². The van der Waals surface area contributed by atoms with Gasteiger partial charge in [0, 0.05) is 28.9 Å². The lowest BCUT2D eigenvalue weighted by Crippen LogP contribution is -2.25. The molecule has 4 heteroatoms. The maximum atomic E-state index is 13.7. The first-order valence-corrected chi connectivity index (χ1v) is 6.35. The Morgan fingerprint density at radius 2 is 2.17 bits per heavy atom. The summed E-state index contributed by atoms with van der Waals surface area (Å²) in [5, 5.41) is 10.4. The molecule has 1 atom stereocenters. The van der Waals surface area contributed by atoms with Crippen LogP contribution in [0.5, 0.6) is 0 Å². The second kappa shape index (κ2) is 5.16. The molecular formula is C14H13BrFNO. The van der Waals surface area contributed by atoms with Crippen molar-refractivity contribution in [2.75, 3.05) is 0 Å². The summed E-state index contributed by atoms with van der Waals surface area (Å²) >= 11 is 3.30. The van der Waals surface area contributed by atoms with Crippen LogP contribution in [0.2, 0.25) is 0 Å². The highest BCUT2D eigenvalue weighted by Gasteiger charge is 2.25. The minimum atomic E-state index is -1.14. The molecule has 0 aliphatic heterocycles. The molecule has 1 heterocycles. The third-order valence-corrected chi connectivity index (χ3v) is 3.32. The van der Waals surface area contributed by atoms with Gasteiger partial charge in [0.15, 0.2) is 0 Å². The fraction of sp³-hybridized carbons (Fsp3) is 0.214. The Labute approximate surface area is 114 Å². The van der Waals surface area contributed by atoms with Gasteiger partial charge in [-0.25, -0.2) is 4.39 Å². The molecule has 2 rings (SSSR count). The van der Waals surface area contributed by atoms with Gasteiger partial charge in [-0.1, -0.05) is 22.0 Å². The molecule has 1 aromatic heterocycles. The van der Waals surface area contributed by atoms with Crippen molar-refractivity contribution < 1.29 is 9.50 Å². The molecule has 1 N–H and O–H groups in total. The highest BCUT2D eigenvalue weighted by molar-refractivity contribution is 9.10. The quantitative estimate of drug-likeness (QED) is 0.942. The molecule has 94 valence electrons. The molecule has 0 radical (unpaired) electrons. The third kappa shape index (κ3) is 2.94. The summed E-state index contributed by atoms with van der Waals surface area (Å²) in [6.07, 6.45) is 3.43. The van der Waals surface area contributed by atoms with Crippen LogP contribution in [0, 0.1) is 5.82 Å². The SMILES string of the molecule is CC(O)(Cc1cc(Br)ccc1F)c1cccnc1. The largest absolute Gasteiger partial charge is 0.385 e. The number of halogens is 2. The van der Waals surface area contributed by atoms with E-state index in [1.807, 2.05) is 0 Å². The van der Waals surface area contributed by atoms with Crippen molar-refractivity contribution in [3.63, 3.8) is 0 Å². The monoisotopic (exact) mass is 309 g/mol. The zero-order valence-corrected chi connectivity index (χ0v) is 11.5. The van der Waals surface area contributed by atoms with Gasteiger partial charge in [0.25, 0.3) is 0 Å². The van der Waals surface area contributed by atoms with Crippen LogP contribution in [-0.2, 0) is 12.0 Å². The zero-order chi connectivity index (χ0) is 13.2. The molecule has 0 bridgehead atoms. The van der Waals surface area contributed by atoms with Gasteiger partial charge in [-0.3, -0.25) is 4.98 Å². The van der Waals surface area contributed by atoms with Crippen molar-refractivity contribution in [3.05, 3.63) is 64.1 Å². The van der Waals surface area contributed by atoms with E-state index < -0.39 is 5.60 Å². The lowest BCUT2D eigenvalue weighted by atomic mass is 9.90. The van der Waals surface area contributed by atoms with Crippen LogP contribution in [0.1, 0.15) is 18.1 Å². The molecule has 0 fully saturated rings. The Balaban J connectivity index is 2.30. The second-order valence-corrected chi connectivity index (χ2v) is 5.34. The summed E-state index contributed by atoms with van der Waals surface area (Å²) < 4.78 is 14.5. The van der Waals surface area contributed by atoms with Crippen molar-refractivity contribution >= 4 is 15.9 Å². The standard InChI is InChI=1S/C14H13BrFNO/c1-14(18,11-3-2-6-17-9-11)8-10-7-12(15)4-5-13(10)16/h2-7,9,18H,8H2,1H3. The van der Waals surface area contributed by atoms with Crippen molar-refractivity contribution in [1.29, 1.82) is 0 Å². The van der Waals surface area contributed by atoms with Gasteiger partial charge in [0.1, 0.15) is 5.82 Å². The molecule has 0 spiro atoms. The van der Waals surface area contributed by atoms with Crippen molar-refractivity contribution in [3.8, 4) is 0 Å². The highest BCUT2D eigenvalue weighted by atomic mass is 79.9. The minimum Gasteiger partial charge on any atom is -0.385 e. The molecule has 0 aliphatic rings. The number of hydrogen-bond acceptors (Lipinski definition) is 2. The summed E-state index contributed by atoms with van der Waals surface area (Å²) in [4.78, 5) is 3.97. The molecule has 2 nitrogen and oxygen atoms in total. The summed E-state index contributed by atoms with van der Waals surface area (Å²) in [7, 11) is 0. The average Bonchev–Trinajstić information content (AvgIpc) is 2.35. The van der Waals surface area contributed by atoms with E-state index in [1.54, 1.807) is 43.6 Å². The van der Waals surface area contributed by atoms with Gasteiger partial charge in [-0.05, 0) is 36.8 Å². The lowest BCUT2D eigenvalue weighted by Gasteiger charge is -2.23. The molecule has 1 unspecified atom stereocenters. The smallest absolute Gasteiger partial charge is 0.126 e. The van der Waals surface area contributed by atoms with Gasteiger partial charge in [0.05, 0.1) is 5.60 Å². The number of aliphatic hydroxyl groups is 1. The Hall–Kier alpha value is -1.26. The van der Waals surface area contributed by atoms with Crippen LogP contribution in [0.3, 0.4) is 0 Å². The van der Waals surface area contributed by atoms with Crippen molar-refractivity contribution in [2.45, 2.75) is 18.9 Å². The van der Waals surface area contributed by atoms with E-state index in [-0.39, 0.29) is 12.2 Å². The first-order valence-electron chi connectivity index (χ1n) is 5.56. The molecular weight excluding hydrogens is 297 g/mol. The van der Waals surface area contributed by atoms with Gasteiger partial charge >= 0.3 is 0 Å². The Kier molecular flexibility index (Phi) is 3.78. The average molecular weight is 310 g/mol. The van der Waals surface area contributed by atoms with Crippen LogP contribution in [0.4, 0.5) is 4.39 Å². The predicted octanol–water partition coefficient (Wildman–Crippen LogP) is 3.43. The minimum absolute atomic E-state index is 0.198. The van der Waals surface area contributed by atoms with Crippen LogP contribution < -0.4 is 0 Å². The van der Waals surface area contributed by atoms with E-state index in [0.29, 0.717) is 11.1 Å². The topological polar surface area (TPSA) is 33.1 Å². The zero-order valence-electron chi connectivity index (χ0n) is 9.90. The van der Waals surface area contributed by atoms with Gasteiger partial charge in [-0.15, -0.1) is 0 Å². The first kappa shape index (κ1) is 13.2. The van der Waals surface area contributed by atoms with Gasteiger partial charge < -0.3 is 5.11 Å². The molecule has 0 saturated carbocycles. The predicted molar refractivity (Wildman–Crippen MR) is 71.6 cm³/mol. The second-order valence-electron chi connectivity index (χ2n) is 4.43. The Morgan fingerprint density at radius 3 is 2.83 bits per heavy atom. The normalized spacial score (nSPS) is 14.2. The molecule has 0 amide bonds. The fourth-order valence-electron chi connectivity index (χ4n) is 1.83. The number of aromatic nitrogens is 1. The van der Waals surface area contributed by atoms with Gasteiger partial charge in [-0.2, -0.15) is 0 Å². The van der Waals surface area contributed by atoms with Crippen LogP contribution in [0.25, 0.3) is 0 Å². The molecule has 0 saturated heterocycles. The summed E-state index contributed by atoms with van der Waals surface area (Å²) in [6.45, 7) is 1.66. The van der Waals surface area contributed by atoms with Gasteiger partial charge in [0.2, 0.25) is 0 Å². The summed E-state index contributed by atoms with van der Waals surface area (Å²) in [6, 6.07) is 8.24. The number of rotatable bonds is 3. The van der Waals surface area contributed by atoms with Crippen LogP contribution in [-0.4, -0.2) is 10.1 Å². The number of benzene rings is 1. The van der Waals surface area contributed by atoms with E-state index in [2.05, 4.69) is 20.9 Å². The molecule has 18 heavy (non-hydrogen) atoms. The number of nitrogens with zero attached hydrogens (tertiary/aromatic N) is 1. The fourth-order valence-corrected chi connectivity index (χ4v) is 2.24. The Bertz CT molecular complexity index is 543. The van der Waals surface area contributed by atoms with E-state index in [9.17, 15) is 9.50 Å². The summed E-state index contributed by atoms with van der Waals surface area (Å²) in [5.41, 5.74) is -0.00166. The third-order valence-electron chi connectivity index (χ3n) is 2.83. The maximum absolute atomic E-state index is 13.7. The van der Waals surface area contributed by atoms with Crippen molar-refractivity contribution in [1.82, 2.24) is 4.98 Å². The lowest BCUT2D eigenvalue weighted by molar-refractivity contribution is 0.0563. The highest BCUT2D eigenvalue weighted by Crippen LogP contribution is 2.27. The molecule has 1 aromatic carbocycles. The Morgan fingerprint density at radius 1 is 1.39 bits per heavy atom. The van der Waals surface area contributed by atoms with E-state index in [0.717, 1.165) is 4.47 Å². The number of hydrogen-bond donors (Lipinski definition) is 1. The van der Waals surface area contributed by atoms with E-state index in [4.69, 9.17) is 0 Å². The first-order chi connectivity index (χ1) is 8.49. The van der Waals surface area contributed by atoms with E-state index in [1.165, 1.54) is 6.07 Å². The molecule has 0 aliphatic carbocycles. The maximum Gasteiger partial charge on any atom is 0.126 e. The summed E-state index contributed by atoms with van der Waals surface area (Å²) in [5.74, 6) is -0.317. The number of pyridine rings is 1. The molecule has 2 aromatic rings. The van der Waals surface area contributed by atoms with Crippen molar-refractivity contribution in [2.24, 2.45) is 0 Å². The van der Waals surface area contributed by atoms with Crippen LogP contribution >= 0.6 is 15.9 Å².